The highest BCUT2D eigenvalue weighted by Gasteiger charge is 2.28. The maximum atomic E-state index is 15.4. The van der Waals surface area contributed by atoms with Gasteiger partial charge in [0.25, 0.3) is 21.5 Å². The van der Waals surface area contributed by atoms with Gasteiger partial charge in [0, 0.05) is 31.6 Å². The van der Waals surface area contributed by atoms with Crippen LogP contribution in [0.15, 0.2) is 93.6 Å². The molecule has 288 valence electrons. The average Bonchev–Trinajstić information content (AvgIpc) is 3.09. The first-order valence-corrected chi connectivity index (χ1v) is 18.6. The number of benzene rings is 3. The van der Waals surface area contributed by atoms with E-state index >= 15 is 8.78 Å². The van der Waals surface area contributed by atoms with Crippen LogP contribution in [0.3, 0.4) is 0 Å². The largest absolute Gasteiger partial charge is 0.461 e. The SMILES string of the molecule is CC(C)OC(=O)[C@H](Cc1ccc(-n2c(=O)c3ccncc3n(C)c2=O)cc1)NC(=O)c1c(F)cc(NS(=O)(=O)c2ccc(C(=O)CC(C)(C)C)cc2)cc1F. The minimum absolute atomic E-state index is 0.179. The van der Waals surface area contributed by atoms with Crippen molar-refractivity contribution in [3.8, 4) is 5.69 Å². The molecule has 5 aromatic rings. The number of hydrogen-bond acceptors (Lipinski definition) is 9. The number of pyridine rings is 1. The Morgan fingerprint density at radius 1 is 0.927 bits per heavy atom. The Kier molecular flexibility index (Phi) is 11.5. The summed E-state index contributed by atoms with van der Waals surface area (Å²) in [6, 6.07) is 12.3. The smallest absolute Gasteiger partial charge is 0.335 e. The fourth-order valence-electron chi connectivity index (χ4n) is 5.74. The quantitative estimate of drug-likeness (QED) is 0.129. The van der Waals surface area contributed by atoms with Gasteiger partial charge in [0.2, 0.25) is 0 Å². The van der Waals surface area contributed by atoms with Gasteiger partial charge >= 0.3 is 11.7 Å². The molecule has 3 aromatic carbocycles. The highest BCUT2D eigenvalue weighted by Crippen LogP contribution is 2.25. The number of nitrogens with one attached hydrogen (secondary N) is 2. The molecule has 0 radical (unpaired) electrons. The van der Waals surface area contributed by atoms with E-state index in [1.807, 2.05) is 20.8 Å². The van der Waals surface area contributed by atoms with Crippen molar-refractivity contribution in [1.29, 1.82) is 0 Å². The molecule has 55 heavy (non-hydrogen) atoms. The number of ether oxygens (including phenoxy) is 1. The molecule has 2 N–H and O–H groups in total. The molecule has 0 aliphatic heterocycles. The standard InChI is InChI=1S/C39H39F2N5O8S/c1-22(2)54-37(50)31(17-23-7-11-26(12-8-23)46-36(49)28-15-16-42-21-32(28)45(6)38(46)51)43-35(48)34-29(40)18-25(19-30(34)41)44-55(52,53)27-13-9-24(10-14-27)33(47)20-39(3,4)5/h7-16,18-19,21-22,31,44H,17,20H2,1-6H3,(H,43,48)/t31-/m0/s1. The predicted octanol–water partition coefficient (Wildman–Crippen LogP) is 5.08. The molecular formula is C39H39F2N5O8S. The Morgan fingerprint density at radius 3 is 2.13 bits per heavy atom. The molecule has 1 amide bonds. The van der Waals surface area contributed by atoms with Crippen molar-refractivity contribution in [2.75, 3.05) is 4.72 Å². The molecular weight excluding hydrogens is 737 g/mol. The van der Waals surface area contributed by atoms with Gasteiger partial charge in [0.15, 0.2) is 5.78 Å². The molecule has 0 unspecified atom stereocenters. The number of carbonyl (C=O) groups excluding carboxylic acids is 3. The number of esters is 1. The van der Waals surface area contributed by atoms with Crippen LogP contribution in [0.4, 0.5) is 14.5 Å². The Hall–Kier alpha value is -6.03. The minimum atomic E-state index is -4.37. The number of nitrogens with zero attached hydrogens (tertiary/aromatic N) is 3. The predicted molar refractivity (Wildman–Crippen MR) is 201 cm³/mol. The van der Waals surface area contributed by atoms with Crippen LogP contribution in [0.1, 0.15) is 67.3 Å². The number of hydrogen-bond donors (Lipinski definition) is 2. The average molecular weight is 776 g/mol. The van der Waals surface area contributed by atoms with Crippen LogP contribution >= 0.6 is 0 Å². The van der Waals surface area contributed by atoms with E-state index in [0.29, 0.717) is 28.8 Å². The van der Waals surface area contributed by atoms with Gasteiger partial charge < -0.3 is 10.1 Å². The van der Waals surface area contributed by atoms with Crippen molar-refractivity contribution in [3.63, 3.8) is 0 Å². The minimum Gasteiger partial charge on any atom is -0.461 e. The first-order chi connectivity index (χ1) is 25.8. The summed E-state index contributed by atoms with van der Waals surface area (Å²) in [5.41, 5.74) is -1.76. The number of rotatable bonds is 12. The van der Waals surface area contributed by atoms with Crippen LogP contribution in [0.5, 0.6) is 0 Å². The summed E-state index contributed by atoms with van der Waals surface area (Å²) in [4.78, 5) is 68.8. The van der Waals surface area contributed by atoms with E-state index in [1.54, 1.807) is 13.8 Å². The van der Waals surface area contributed by atoms with Gasteiger partial charge in [-0.05, 0) is 67.3 Å². The fraction of sp³-hybridized carbons (Fsp3) is 0.282. The maximum absolute atomic E-state index is 15.4. The fourth-order valence-corrected chi connectivity index (χ4v) is 6.78. The van der Waals surface area contributed by atoms with Crippen molar-refractivity contribution in [2.45, 2.75) is 64.5 Å². The number of sulfonamides is 1. The Labute approximate surface area is 315 Å². The first kappa shape index (κ1) is 40.2. The molecule has 2 aromatic heterocycles. The first-order valence-electron chi connectivity index (χ1n) is 17.1. The van der Waals surface area contributed by atoms with Gasteiger partial charge in [-0.1, -0.05) is 45.0 Å². The lowest BCUT2D eigenvalue weighted by atomic mass is 9.88. The second-order valence-corrected chi connectivity index (χ2v) is 16.0. The monoisotopic (exact) mass is 775 g/mol. The van der Waals surface area contributed by atoms with Crippen LogP contribution in [0.25, 0.3) is 16.6 Å². The van der Waals surface area contributed by atoms with E-state index in [2.05, 4.69) is 15.0 Å². The molecule has 0 saturated heterocycles. The molecule has 0 saturated carbocycles. The molecule has 1 atom stereocenters. The molecule has 0 bridgehead atoms. The van der Waals surface area contributed by atoms with Gasteiger partial charge in [-0.25, -0.2) is 31.4 Å². The van der Waals surface area contributed by atoms with E-state index in [-0.39, 0.29) is 40.0 Å². The molecule has 0 spiro atoms. The Balaban J connectivity index is 1.35. The van der Waals surface area contributed by atoms with Crippen LogP contribution in [-0.2, 0) is 33.0 Å². The van der Waals surface area contributed by atoms with Crippen molar-refractivity contribution in [3.05, 3.63) is 128 Å². The van der Waals surface area contributed by atoms with Gasteiger partial charge in [0.05, 0.1) is 39.5 Å². The van der Waals surface area contributed by atoms with E-state index < -0.39 is 68.2 Å². The Morgan fingerprint density at radius 2 is 1.55 bits per heavy atom. The lowest BCUT2D eigenvalue weighted by Gasteiger charge is -2.20. The summed E-state index contributed by atoms with van der Waals surface area (Å²) in [6.07, 6.45) is 2.25. The molecule has 0 fully saturated rings. The van der Waals surface area contributed by atoms with Gasteiger partial charge in [-0.3, -0.25) is 28.7 Å². The number of aryl methyl sites for hydroxylation is 1. The van der Waals surface area contributed by atoms with Gasteiger partial charge in [0.1, 0.15) is 23.2 Å². The number of ketones is 1. The second-order valence-electron chi connectivity index (χ2n) is 14.4. The topological polar surface area (TPSA) is 176 Å². The van der Waals surface area contributed by atoms with Crippen LogP contribution < -0.4 is 21.3 Å². The Bertz CT molecular complexity index is 2500. The summed E-state index contributed by atoms with van der Waals surface area (Å²) < 4.78 is 66.4. The van der Waals surface area contributed by atoms with Gasteiger partial charge in [-0.15, -0.1) is 0 Å². The van der Waals surface area contributed by atoms with Crippen molar-refractivity contribution >= 4 is 44.3 Å². The van der Waals surface area contributed by atoms with Gasteiger partial charge in [-0.2, -0.15) is 0 Å². The van der Waals surface area contributed by atoms with Crippen LogP contribution in [0.2, 0.25) is 0 Å². The van der Waals surface area contributed by atoms with Crippen molar-refractivity contribution in [1.82, 2.24) is 19.4 Å². The van der Waals surface area contributed by atoms with Crippen LogP contribution in [-0.4, -0.2) is 52.3 Å². The third-order valence-corrected chi connectivity index (χ3v) is 9.75. The third-order valence-electron chi connectivity index (χ3n) is 8.35. The molecule has 16 heteroatoms. The molecule has 5 rings (SSSR count). The zero-order valence-corrected chi connectivity index (χ0v) is 31.7. The highest BCUT2D eigenvalue weighted by atomic mass is 32.2. The number of Topliss-reactive ketones (excluding diaryl/α,β-unsaturated/α-hetero) is 1. The van der Waals surface area contributed by atoms with Crippen LogP contribution in [0, 0.1) is 17.0 Å². The molecule has 0 aliphatic rings. The van der Waals surface area contributed by atoms with E-state index in [9.17, 15) is 32.4 Å². The summed E-state index contributed by atoms with van der Waals surface area (Å²) in [5.74, 6) is -5.24. The normalized spacial score (nSPS) is 12.4. The second kappa shape index (κ2) is 15.8. The lowest BCUT2D eigenvalue weighted by molar-refractivity contribution is -0.149. The third kappa shape index (κ3) is 9.20. The number of carbonyl (C=O) groups is 3. The number of aromatic nitrogens is 3. The van der Waals surface area contributed by atoms with E-state index in [1.165, 1.54) is 78.6 Å². The number of amides is 1. The van der Waals surface area contributed by atoms with E-state index in [4.69, 9.17) is 4.74 Å². The molecule has 13 nitrogen and oxygen atoms in total. The summed E-state index contributed by atoms with van der Waals surface area (Å²) in [6.45, 7) is 8.82. The zero-order valence-electron chi connectivity index (χ0n) is 30.8. The number of anilines is 1. The molecule has 2 heterocycles. The van der Waals surface area contributed by atoms with E-state index in [0.717, 1.165) is 4.57 Å². The number of halogens is 2. The van der Waals surface area contributed by atoms with Crippen molar-refractivity contribution in [2.24, 2.45) is 12.5 Å². The molecule has 0 aliphatic carbocycles. The summed E-state index contributed by atoms with van der Waals surface area (Å²) in [5, 5.41) is 2.57. The zero-order chi connectivity index (χ0) is 40.4. The van der Waals surface area contributed by atoms with Crippen molar-refractivity contribution < 1.29 is 36.3 Å². The maximum Gasteiger partial charge on any atom is 0.335 e. The summed E-state index contributed by atoms with van der Waals surface area (Å²) in [7, 11) is -2.87. The number of fused-ring (bicyclic) bond motifs is 1. The summed E-state index contributed by atoms with van der Waals surface area (Å²) >= 11 is 0. The highest BCUT2D eigenvalue weighted by molar-refractivity contribution is 7.92. The lowest BCUT2D eigenvalue weighted by Crippen LogP contribution is -2.44.